The van der Waals surface area contributed by atoms with Crippen molar-refractivity contribution in [2.75, 3.05) is 6.61 Å². The van der Waals surface area contributed by atoms with Crippen molar-refractivity contribution in [2.24, 2.45) is 0 Å². The second-order valence-electron chi connectivity index (χ2n) is 4.52. The molecule has 2 aromatic rings. The molecule has 6 heteroatoms. The highest BCUT2D eigenvalue weighted by Crippen LogP contribution is 2.29. The molecule has 0 saturated carbocycles. The molecule has 0 spiro atoms. The van der Waals surface area contributed by atoms with Gasteiger partial charge in [0, 0.05) is 6.42 Å². The average Bonchev–Trinajstić information content (AvgIpc) is 2.47. The lowest BCUT2D eigenvalue weighted by Gasteiger charge is -2.09. The average molecular weight is 309 g/mol. The van der Waals surface area contributed by atoms with Gasteiger partial charge in [0.2, 0.25) is 0 Å². The predicted octanol–water partition coefficient (Wildman–Crippen LogP) is 4.34. The van der Waals surface area contributed by atoms with Gasteiger partial charge in [0.15, 0.2) is 0 Å². The van der Waals surface area contributed by atoms with Crippen LogP contribution >= 0.6 is 0 Å². The van der Waals surface area contributed by atoms with Crippen LogP contribution in [0.1, 0.15) is 16.7 Å². The van der Waals surface area contributed by atoms with Crippen LogP contribution in [0.4, 0.5) is 17.6 Å². The number of ether oxygens (including phenoxy) is 1. The minimum atomic E-state index is -4.36. The fourth-order valence-electron chi connectivity index (χ4n) is 1.87. The summed E-state index contributed by atoms with van der Waals surface area (Å²) < 4.78 is 55.9. The first-order chi connectivity index (χ1) is 10.4. The number of alkyl halides is 3. The van der Waals surface area contributed by atoms with Crippen LogP contribution in [0.5, 0.6) is 5.75 Å². The monoisotopic (exact) mass is 309 g/mol. The molecule has 0 aliphatic carbocycles. The molecule has 2 nitrogen and oxygen atoms in total. The molecule has 0 aromatic heterocycles. The number of nitrogens with zero attached hydrogens (tertiary/aromatic N) is 1. The van der Waals surface area contributed by atoms with Gasteiger partial charge in [-0.1, -0.05) is 18.2 Å². The highest BCUT2D eigenvalue weighted by Gasteiger charge is 2.29. The van der Waals surface area contributed by atoms with Crippen LogP contribution < -0.4 is 4.74 Å². The molecule has 0 N–H and O–H groups in total. The Bertz CT molecular complexity index is 687. The highest BCUT2D eigenvalue weighted by molar-refractivity contribution is 5.43. The number of hydrogen-bond acceptors (Lipinski definition) is 2. The van der Waals surface area contributed by atoms with Crippen LogP contribution in [0.15, 0.2) is 42.5 Å². The zero-order chi connectivity index (χ0) is 16.2. The Morgan fingerprint density at radius 2 is 1.73 bits per heavy atom. The van der Waals surface area contributed by atoms with Gasteiger partial charge in [-0.3, -0.25) is 0 Å². The zero-order valence-electron chi connectivity index (χ0n) is 11.3. The van der Waals surface area contributed by atoms with E-state index in [1.165, 1.54) is 24.3 Å². The van der Waals surface area contributed by atoms with Crippen molar-refractivity contribution in [3.05, 3.63) is 65.0 Å². The lowest BCUT2D eigenvalue weighted by atomic mass is 10.1. The molecular formula is C16H11F4NO. The minimum Gasteiger partial charge on any atom is -0.492 e. The third kappa shape index (κ3) is 3.76. The van der Waals surface area contributed by atoms with Gasteiger partial charge in [-0.05, 0) is 29.8 Å². The van der Waals surface area contributed by atoms with Gasteiger partial charge in [-0.15, -0.1) is 0 Å². The second-order valence-corrected chi connectivity index (χ2v) is 4.52. The molecule has 0 atom stereocenters. The normalized spacial score (nSPS) is 11.0. The van der Waals surface area contributed by atoms with E-state index in [1.54, 1.807) is 6.07 Å². The van der Waals surface area contributed by atoms with Gasteiger partial charge in [-0.25, -0.2) is 4.39 Å². The third-order valence-corrected chi connectivity index (χ3v) is 3.02. The molecule has 0 radical (unpaired) electrons. The highest BCUT2D eigenvalue weighted by atomic mass is 19.4. The first-order valence-electron chi connectivity index (χ1n) is 6.39. The lowest BCUT2D eigenvalue weighted by molar-refractivity contribution is -0.137. The van der Waals surface area contributed by atoms with E-state index in [9.17, 15) is 17.6 Å². The van der Waals surface area contributed by atoms with Gasteiger partial charge >= 0.3 is 6.18 Å². The summed E-state index contributed by atoms with van der Waals surface area (Å²) in [5.74, 6) is -0.552. The van der Waals surface area contributed by atoms with Crippen LogP contribution in [-0.2, 0) is 12.6 Å². The molecule has 114 valence electrons. The van der Waals surface area contributed by atoms with Crippen LogP contribution in [0, 0.1) is 17.1 Å². The predicted molar refractivity (Wildman–Crippen MR) is 71.8 cm³/mol. The van der Waals surface area contributed by atoms with E-state index < -0.39 is 17.6 Å². The SMILES string of the molecule is N#Cc1c(F)cccc1OCCc1ccc(C(F)(F)F)cc1. The van der Waals surface area contributed by atoms with E-state index in [4.69, 9.17) is 10.00 Å². The van der Waals surface area contributed by atoms with Gasteiger partial charge in [-0.2, -0.15) is 18.4 Å². The zero-order valence-corrected chi connectivity index (χ0v) is 11.3. The Kier molecular flexibility index (Phi) is 4.66. The van der Waals surface area contributed by atoms with E-state index in [0.29, 0.717) is 12.0 Å². The molecule has 0 aliphatic heterocycles. The molecule has 0 saturated heterocycles. The van der Waals surface area contributed by atoms with Crippen molar-refractivity contribution < 1.29 is 22.3 Å². The molecule has 0 bridgehead atoms. The van der Waals surface area contributed by atoms with Crippen molar-refractivity contribution in [3.63, 3.8) is 0 Å². The van der Waals surface area contributed by atoms with Crippen molar-refractivity contribution in [2.45, 2.75) is 12.6 Å². The Balaban J connectivity index is 1.98. The third-order valence-electron chi connectivity index (χ3n) is 3.02. The summed E-state index contributed by atoms with van der Waals surface area (Å²) in [6.45, 7) is 0.128. The maximum absolute atomic E-state index is 13.3. The summed E-state index contributed by atoms with van der Waals surface area (Å²) in [6.07, 6.45) is -4.02. The molecule has 0 aliphatic rings. The van der Waals surface area contributed by atoms with E-state index in [1.807, 2.05) is 0 Å². The fourth-order valence-corrected chi connectivity index (χ4v) is 1.87. The van der Waals surface area contributed by atoms with Crippen molar-refractivity contribution in [1.82, 2.24) is 0 Å². The largest absolute Gasteiger partial charge is 0.492 e. The van der Waals surface area contributed by atoms with Crippen LogP contribution in [0.2, 0.25) is 0 Å². The number of nitriles is 1. The van der Waals surface area contributed by atoms with Crippen LogP contribution in [0.25, 0.3) is 0 Å². The topological polar surface area (TPSA) is 33.0 Å². The quantitative estimate of drug-likeness (QED) is 0.787. The molecular weight excluding hydrogens is 298 g/mol. The summed E-state index contributed by atoms with van der Waals surface area (Å²) in [4.78, 5) is 0. The van der Waals surface area contributed by atoms with Gasteiger partial charge < -0.3 is 4.74 Å². The van der Waals surface area contributed by atoms with Crippen molar-refractivity contribution in [1.29, 1.82) is 5.26 Å². The van der Waals surface area contributed by atoms with Crippen molar-refractivity contribution in [3.8, 4) is 11.8 Å². The van der Waals surface area contributed by atoms with E-state index >= 15 is 0 Å². The maximum atomic E-state index is 13.3. The number of rotatable bonds is 4. The Morgan fingerprint density at radius 3 is 2.32 bits per heavy atom. The summed E-state index contributed by atoms with van der Waals surface area (Å²) in [5, 5.41) is 8.85. The van der Waals surface area contributed by atoms with Gasteiger partial charge in [0.05, 0.1) is 12.2 Å². The van der Waals surface area contributed by atoms with Gasteiger partial charge in [0.25, 0.3) is 0 Å². The van der Waals surface area contributed by atoms with E-state index in [-0.39, 0.29) is 17.9 Å². The molecule has 2 aromatic carbocycles. The number of halogens is 4. The molecule has 0 amide bonds. The summed E-state index contributed by atoms with van der Waals surface area (Å²) in [6, 6.07) is 10.5. The fraction of sp³-hybridized carbons (Fsp3) is 0.188. The molecule has 0 fully saturated rings. The van der Waals surface area contributed by atoms with Crippen molar-refractivity contribution >= 4 is 0 Å². The molecule has 0 heterocycles. The first kappa shape index (κ1) is 15.8. The van der Waals surface area contributed by atoms with E-state index in [2.05, 4.69) is 0 Å². The Labute approximate surface area is 124 Å². The lowest BCUT2D eigenvalue weighted by Crippen LogP contribution is -2.06. The second kappa shape index (κ2) is 6.48. The first-order valence-corrected chi connectivity index (χ1v) is 6.39. The Hall–Kier alpha value is -2.55. The molecule has 22 heavy (non-hydrogen) atoms. The standard InChI is InChI=1S/C16H11F4NO/c17-14-2-1-3-15(13(14)10-21)22-9-8-11-4-6-12(7-5-11)16(18,19)20/h1-7H,8-9H2. The number of hydrogen-bond donors (Lipinski definition) is 0. The molecule has 2 rings (SSSR count). The minimum absolute atomic E-state index is 0.120. The van der Waals surface area contributed by atoms with E-state index in [0.717, 1.165) is 18.2 Å². The summed E-state index contributed by atoms with van der Waals surface area (Å²) in [5.41, 5.74) is -0.244. The Morgan fingerprint density at radius 1 is 1.05 bits per heavy atom. The van der Waals surface area contributed by atoms with Gasteiger partial charge in [0.1, 0.15) is 23.2 Å². The number of benzene rings is 2. The van der Waals surface area contributed by atoms with Crippen LogP contribution in [0.3, 0.4) is 0 Å². The summed E-state index contributed by atoms with van der Waals surface area (Å²) >= 11 is 0. The summed E-state index contributed by atoms with van der Waals surface area (Å²) in [7, 11) is 0. The van der Waals surface area contributed by atoms with Crippen LogP contribution in [-0.4, -0.2) is 6.61 Å². The molecule has 0 unspecified atom stereocenters. The maximum Gasteiger partial charge on any atom is 0.416 e. The smallest absolute Gasteiger partial charge is 0.416 e.